The van der Waals surface area contributed by atoms with Gasteiger partial charge in [0.05, 0.1) is 10.6 Å². The molecule has 1 heterocycles. The van der Waals surface area contributed by atoms with Gasteiger partial charge in [-0.2, -0.15) is 0 Å². The summed E-state index contributed by atoms with van der Waals surface area (Å²) in [5, 5.41) is 3.27. The molecule has 1 aromatic rings. The van der Waals surface area contributed by atoms with Crippen LogP contribution in [0.2, 0.25) is 5.02 Å². The number of nitrogens with one attached hydrogen (secondary N) is 1. The predicted octanol–water partition coefficient (Wildman–Crippen LogP) is 2.50. The van der Waals surface area contributed by atoms with E-state index < -0.39 is 0 Å². The predicted molar refractivity (Wildman–Crippen MR) is 70.6 cm³/mol. The molecule has 94 valence electrons. The number of nitrogens with zero attached hydrogens (tertiary/aromatic N) is 2. The Labute approximate surface area is 107 Å². The van der Waals surface area contributed by atoms with Crippen molar-refractivity contribution < 1.29 is 4.79 Å². The fraction of sp³-hybridized carbons (Fsp3) is 0.500. The lowest BCUT2D eigenvalue weighted by Gasteiger charge is -2.20. The first-order valence-corrected chi connectivity index (χ1v) is 5.92. The van der Waals surface area contributed by atoms with Crippen molar-refractivity contribution in [2.45, 2.75) is 13.8 Å². The standard InChI is InChI=1S/C12H18ClN3O/c1-8(2)7-16(4)12(17)9-5-11(14-3)15-6-10(9)13/h5-6,8H,7H2,1-4H3,(H,14,15). The van der Waals surface area contributed by atoms with E-state index in [0.29, 0.717) is 28.9 Å². The van der Waals surface area contributed by atoms with Crippen LogP contribution in [0, 0.1) is 5.92 Å². The lowest BCUT2D eigenvalue weighted by molar-refractivity contribution is 0.0779. The summed E-state index contributed by atoms with van der Waals surface area (Å²) in [4.78, 5) is 17.9. The number of hydrogen-bond donors (Lipinski definition) is 1. The number of rotatable bonds is 4. The third-order valence-electron chi connectivity index (χ3n) is 2.33. The van der Waals surface area contributed by atoms with Crippen molar-refractivity contribution in [2.75, 3.05) is 26.0 Å². The highest BCUT2D eigenvalue weighted by Gasteiger charge is 2.16. The molecule has 0 aliphatic carbocycles. The van der Waals surface area contributed by atoms with E-state index in [0.717, 1.165) is 0 Å². The Bertz CT molecular complexity index is 407. The van der Waals surface area contributed by atoms with E-state index >= 15 is 0 Å². The SMILES string of the molecule is CNc1cc(C(=O)N(C)CC(C)C)c(Cl)cn1. The zero-order chi connectivity index (χ0) is 13.0. The highest BCUT2D eigenvalue weighted by molar-refractivity contribution is 6.33. The second-order valence-electron chi connectivity index (χ2n) is 4.38. The van der Waals surface area contributed by atoms with Gasteiger partial charge in [-0.15, -0.1) is 0 Å². The van der Waals surface area contributed by atoms with Crippen molar-refractivity contribution in [3.8, 4) is 0 Å². The first-order valence-electron chi connectivity index (χ1n) is 5.54. The second kappa shape index (κ2) is 5.87. The Kier molecular flexibility index (Phi) is 4.75. The molecule has 0 fully saturated rings. The van der Waals surface area contributed by atoms with E-state index in [-0.39, 0.29) is 5.91 Å². The average molecular weight is 256 g/mol. The fourth-order valence-corrected chi connectivity index (χ4v) is 1.76. The number of pyridine rings is 1. The van der Waals surface area contributed by atoms with E-state index in [1.807, 2.05) is 0 Å². The topological polar surface area (TPSA) is 45.2 Å². The van der Waals surface area contributed by atoms with Gasteiger partial charge in [0.25, 0.3) is 5.91 Å². The van der Waals surface area contributed by atoms with Crippen LogP contribution in [0.15, 0.2) is 12.3 Å². The molecule has 5 heteroatoms. The molecule has 1 aromatic heterocycles. The molecule has 0 spiro atoms. The molecular weight excluding hydrogens is 238 g/mol. The van der Waals surface area contributed by atoms with Crippen LogP contribution in [0.3, 0.4) is 0 Å². The van der Waals surface area contributed by atoms with Gasteiger partial charge < -0.3 is 10.2 Å². The maximum Gasteiger partial charge on any atom is 0.255 e. The molecular formula is C12H18ClN3O. The van der Waals surface area contributed by atoms with Crippen molar-refractivity contribution in [1.29, 1.82) is 0 Å². The molecule has 1 amide bonds. The molecule has 0 saturated heterocycles. The summed E-state index contributed by atoms with van der Waals surface area (Å²) < 4.78 is 0. The maximum atomic E-state index is 12.2. The van der Waals surface area contributed by atoms with E-state index in [2.05, 4.69) is 24.1 Å². The molecule has 0 saturated carbocycles. The average Bonchev–Trinajstić information content (AvgIpc) is 2.28. The van der Waals surface area contributed by atoms with Gasteiger partial charge in [0.1, 0.15) is 5.82 Å². The normalized spacial score (nSPS) is 10.5. The van der Waals surface area contributed by atoms with Gasteiger partial charge in [-0.05, 0) is 12.0 Å². The smallest absolute Gasteiger partial charge is 0.255 e. The molecule has 0 aliphatic heterocycles. The van der Waals surface area contributed by atoms with Gasteiger partial charge in [-0.3, -0.25) is 4.79 Å². The quantitative estimate of drug-likeness (QED) is 0.899. The summed E-state index contributed by atoms with van der Waals surface area (Å²) in [5.74, 6) is 0.978. The molecule has 4 nitrogen and oxygen atoms in total. The summed E-state index contributed by atoms with van der Waals surface area (Å²) >= 11 is 5.99. The van der Waals surface area contributed by atoms with Crippen LogP contribution in [0.1, 0.15) is 24.2 Å². The van der Waals surface area contributed by atoms with Crippen LogP contribution in [0.4, 0.5) is 5.82 Å². The van der Waals surface area contributed by atoms with Crippen LogP contribution in [0.25, 0.3) is 0 Å². The number of amides is 1. The Morgan fingerprint density at radius 3 is 2.76 bits per heavy atom. The first-order chi connectivity index (χ1) is 7.95. The van der Waals surface area contributed by atoms with Gasteiger partial charge in [0.15, 0.2) is 0 Å². The zero-order valence-corrected chi connectivity index (χ0v) is 11.4. The fourth-order valence-electron chi connectivity index (χ4n) is 1.58. The lowest BCUT2D eigenvalue weighted by Crippen LogP contribution is -2.30. The van der Waals surface area contributed by atoms with E-state index in [9.17, 15) is 4.79 Å². The number of carbonyl (C=O) groups is 1. The number of hydrogen-bond acceptors (Lipinski definition) is 3. The van der Waals surface area contributed by atoms with Gasteiger partial charge in [0.2, 0.25) is 0 Å². The molecule has 1 rings (SSSR count). The van der Waals surface area contributed by atoms with E-state index in [1.54, 1.807) is 25.1 Å². The summed E-state index contributed by atoms with van der Waals surface area (Å²) in [6.07, 6.45) is 1.49. The number of halogens is 1. The van der Waals surface area contributed by atoms with E-state index in [4.69, 9.17) is 11.6 Å². The minimum Gasteiger partial charge on any atom is -0.373 e. The van der Waals surface area contributed by atoms with Crippen LogP contribution in [0.5, 0.6) is 0 Å². The third kappa shape index (κ3) is 3.60. The van der Waals surface area contributed by atoms with Gasteiger partial charge in [0, 0.05) is 26.8 Å². The van der Waals surface area contributed by atoms with Gasteiger partial charge in [-0.25, -0.2) is 4.98 Å². The van der Waals surface area contributed by atoms with Crippen LogP contribution in [-0.4, -0.2) is 36.4 Å². The Balaban J connectivity index is 2.94. The third-order valence-corrected chi connectivity index (χ3v) is 2.63. The molecule has 0 bridgehead atoms. The summed E-state index contributed by atoms with van der Waals surface area (Å²) in [6, 6.07) is 1.67. The molecule has 0 aliphatic rings. The molecule has 0 atom stereocenters. The van der Waals surface area contributed by atoms with Crippen molar-refractivity contribution in [1.82, 2.24) is 9.88 Å². The maximum absolute atomic E-state index is 12.2. The highest BCUT2D eigenvalue weighted by Crippen LogP contribution is 2.19. The zero-order valence-electron chi connectivity index (χ0n) is 10.6. The minimum atomic E-state index is -0.0809. The first kappa shape index (κ1) is 13.8. The van der Waals surface area contributed by atoms with Crippen LogP contribution in [-0.2, 0) is 0 Å². The Morgan fingerprint density at radius 1 is 1.59 bits per heavy atom. The van der Waals surface area contributed by atoms with Gasteiger partial charge >= 0.3 is 0 Å². The monoisotopic (exact) mass is 255 g/mol. The minimum absolute atomic E-state index is 0.0809. The van der Waals surface area contributed by atoms with Crippen LogP contribution < -0.4 is 5.32 Å². The molecule has 0 unspecified atom stereocenters. The van der Waals surface area contributed by atoms with Crippen molar-refractivity contribution in [3.05, 3.63) is 22.8 Å². The molecule has 0 radical (unpaired) electrons. The number of carbonyl (C=O) groups excluding carboxylic acids is 1. The van der Waals surface area contributed by atoms with E-state index in [1.165, 1.54) is 6.20 Å². The molecule has 0 aromatic carbocycles. The van der Waals surface area contributed by atoms with Crippen molar-refractivity contribution in [2.24, 2.45) is 5.92 Å². The summed E-state index contributed by atoms with van der Waals surface area (Å²) in [7, 11) is 3.53. The number of anilines is 1. The Morgan fingerprint density at radius 2 is 2.24 bits per heavy atom. The Hall–Kier alpha value is -1.29. The summed E-state index contributed by atoms with van der Waals surface area (Å²) in [5.41, 5.74) is 0.481. The largest absolute Gasteiger partial charge is 0.373 e. The van der Waals surface area contributed by atoms with Crippen molar-refractivity contribution in [3.63, 3.8) is 0 Å². The molecule has 1 N–H and O–H groups in total. The number of aromatic nitrogens is 1. The summed E-state index contributed by atoms with van der Waals surface area (Å²) in [6.45, 7) is 4.83. The van der Waals surface area contributed by atoms with Crippen molar-refractivity contribution >= 4 is 23.3 Å². The molecule has 17 heavy (non-hydrogen) atoms. The highest BCUT2D eigenvalue weighted by atomic mass is 35.5. The van der Waals surface area contributed by atoms with Gasteiger partial charge in [-0.1, -0.05) is 25.4 Å². The van der Waals surface area contributed by atoms with Crippen LogP contribution >= 0.6 is 11.6 Å². The lowest BCUT2D eigenvalue weighted by atomic mass is 10.2. The second-order valence-corrected chi connectivity index (χ2v) is 4.79.